The monoisotopic (exact) mass is 370 g/mol. The standard InChI is InChI=1S/C20H19FN2O4/c1-12(20-22-11-17(27-20)13-7-9-14(21)10-8-13)23-19(24)18-15(25-2)5-4-6-16(18)26-3/h4-12H,1-3H3,(H,23,24). The second kappa shape index (κ2) is 7.90. The van der Waals surface area contributed by atoms with Crippen molar-refractivity contribution in [3.05, 3.63) is 65.9 Å². The summed E-state index contributed by atoms with van der Waals surface area (Å²) < 4.78 is 29.3. The van der Waals surface area contributed by atoms with Crippen LogP contribution in [0.25, 0.3) is 11.3 Å². The Hall–Kier alpha value is -3.35. The molecule has 3 rings (SSSR count). The van der Waals surface area contributed by atoms with Crippen LogP contribution >= 0.6 is 0 Å². The Bertz CT molecular complexity index is 915. The van der Waals surface area contributed by atoms with Crippen molar-refractivity contribution in [1.82, 2.24) is 10.3 Å². The average molecular weight is 370 g/mol. The summed E-state index contributed by atoms with van der Waals surface area (Å²) in [6.07, 6.45) is 1.54. The molecule has 0 fully saturated rings. The Morgan fingerprint density at radius 1 is 1.11 bits per heavy atom. The molecule has 1 atom stereocenters. The summed E-state index contributed by atoms with van der Waals surface area (Å²) in [5.41, 5.74) is 0.986. The lowest BCUT2D eigenvalue weighted by molar-refractivity contribution is 0.0928. The number of nitrogens with zero attached hydrogens (tertiary/aromatic N) is 1. The lowest BCUT2D eigenvalue weighted by Crippen LogP contribution is -2.27. The van der Waals surface area contributed by atoms with Crippen molar-refractivity contribution < 1.29 is 23.1 Å². The molecular formula is C20H19FN2O4. The fraction of sp³-hybridized carbons (Fsp3) is 0.200. The lowest BCUT2D eigenvalue weighted by atomic mass is 10.1. The zero-order chi connectivity index (χ0) is 19.4. The first kappa shape index (κ1) is 18.4. The molecule has 0 aliphatic carbocycles. The van der Waals surface area contributed by atoms with Crippen LogP contribution in [0.5, 0.6) is 11.5 Å². The van der Waals surface area contributed by atoms with E-state index in [-0.39, 0.29) is 11.7 Å². The largest absolute Gasteiger partial charge is 0.496 e. The molecule has 140 valence electrons. The van der Waals surface area contributed by atoms with Crippen molar-refractivity contribution in [2.45, 2.75) is 13.0 Å². The van der Waals surface area contributed by atoms with Crippen LogP contribution in [0.15, 0.2) is 53.1 Å². The second-order valence-corrected chi connectivity index (χ2v) is 5.80. The van der Waals surface area contributed by atoms with Crippen LogP contribution in [0.1, 0.15) is 29.2 Å². The van der Waals surface area contributed by atoms with Gasteiger partial charge in [0.05, 0.1) is 20.4 Å². The Morgan fingerprint density at radius 3 is 2.33 bits per heavy atom. The molecule has 0 saturated carbocycles. The van der Waals surface area contributed by atoms with Crippen LogP contribution in [0.2, 0.25) is 0 Å². The van der Waals surface area contributed by atoms with E-state index in [0.29, 0.717) is 34.3 Å². The number of halogens is 1. The van der Waals surface area contributed by atoms with Crippen molar-refractivity contribution in [3.8, 4) is 22.8 Å². The summed E-state index contributed by atoms with van der Waals surface area (Å²) in [5, 5.41) is 2.82. The maximum absolute atomic E-state index is 13.0. The summed E-state index contributed by atoms with van der Waals surface area (Å²) in [5.74, 6) is 0.914. The number of carbonyl (C=O) groups is 1. The highest BCUT2D eigenvalue weighted by Crippen LogP contribution is 2.29. The number of hydrogen-bond donors (Lipinski definition) is 1. The number of benzene rings is 2. The fourth-order valence-corrected chi connectivity index (χ4v) is 2.64. The zero-order valence-electron chi connectivity index (χ0n) is 15.2. The van der Waals surface area contributed by atoms with Gasteiger partial charge < -0.3 is 19.2 Å². The number of nitrogens with one attached hydrogen (secondary N) is 1. The Kier molecular flexibility index (Phi) is 5.40. The van der Waals surface area contributed by atoms with Gasteiger partial charge in [-0.15, -0.1) is 0 Å². The van der Waals surface area contributed by atoms with E-state index < -0.39 is 6.04 Å². The van der Waals surface area contributed by atoms with Gasteiger partial charge in [0.15, 0.2) is 5.76 Å². The van der Waals surface area contributed by atoms with Crippen molar-refractivity contribution in [2.75, 3.05) is 14.2 Å². The first-order valence-electron chi connectivity index (χ1n) is 8.27. The molecule has 6 nitrogen and oxygen atoms in total. The number of ether oxygens (including phenoxy) is 2. The predicted octanol–water partition coefficient (Wildman–Crippen LogP) is 3.99. The highest BCUT2D eigenvalue weighted by Gasteiger charge is 2.22. The van der Waals surface area contributed by atoms with E-state index in [1.54, 1.807) is 37.3 Å². The lowest BCUT2D eigenvalue weighted by Gasteiger charge is -2.15. The first-order valence-corrected chi connectivity index (χ1v) is 8.27. The molecule has 0 aliphatic rings. The average Bonchev–Trinajstić information content (AvgIpc) is 3.18. The van der Waals surface area contributed by atoms with Gasteiger partial charge in [-0.2, -0.15) is 0 Å². The Balaban J connectivity index is 1.79. The Labute approximate surface area is 155 Å². The highest BCUT2D eigenvalue weighted by molar-refractivity contribution is 5.99. The minimum absolute atomic E-state index is 0.291. The molecule has 1 amide bonds. The molecule has 0 saturated heterocycles. The second-order valence-electron chi connectivity index (χ2n) is 5.80. The van der Waals surface area contributed by atoms with Gasteiger partial charge in [0, 0.05) is 5.56 Å². The van der Waals surface area contributed by atoms with Crippen LogP contribution in [0.3, 0.4) is 0 Å². The highest BCUT2D eigenvalue weighted by atomic mass is 19.1. The van der Waals surface area contributed by atoms with Crippen LogP contribution in [-0.2, 0) is 0 Å². The molecule has 3 aromatic rings. The van der Waals surface area contributed by atoms with Gasteiger partial charge in [-0.3, -0.25) is 4.79 Å². The van der Waals surface area contributed by atoms with Gasteiger partial charge in [0.2, 0.25) is 5.89 Å². The summed E-state index contributed by atoms with van der Waals surface area (Å²) in [7, 11) is 2.97. The predicted molar refractivity (Wildman–Crippen MR) is 97.3 cm³/mol. The maximum Gasteiger partial charge on any atom is 0.259 e. The third-order valence-corrected chi connectivity index (χ3v) is 4.03. The van der Waals surface area contributed by atoms with E-state index in [4.69, 9.17) is 13.9 Å². The molecule has 1 N–H and O–H groups in total. The molecule has 27 heavy (non-hydrogen) atoms. The molecule has 0 aliphatic heterocycles. The van der Waals surface area contributed by atoms with Crippen molar-refractivity contribution in [2.24, 2.45) is 0 Å². The Morgan fingerprint density at radius 2 is 1.74 bits per heavy atom. The van der Waals surface area contributed by atoms with Gasteiger partial charge in [-0.1, -0.05) is 6.07 Å². The molecule has 2 aromatic carbocycles. The van der Waals surface area contributed by atoms with E-state index >= 15 is 0 Å². The molecule has 1 aromatic heterocycles. The number of hydrogen-bond acceptors (Lipinski definition) is 5. The maximum atomic E-state index is 13.0. The fourth-order valence-electron chi connectivity index (χ4n) is 2.64. The van der Waals surface area contributed by atoms with Crippen molar-refractivity contribution in [3.63, 3.8) is 0 Å². The molecule has 7 heteroatoms. The van der Waals surface area contributed by atoms with Gasteiger partial charge in [0.25, 0.3) is 5.91 Å². The van der Waals surface area contributed by atoms with E-state index in [1.165, 1.54) is 32.5 Å². The quantitative estimate of drug-likeness (QED) is 0.710. The number of rotatable bonds is 6. The van der Waals surface area contributed by atoms with Gasteiger partial charge in [0.1, 0.15) is 28.9 Å². The van der Waals surface area contributed by atoms with E-state index in [9.17, 15) is 9.18 Å². The minimum atomic E-state index is -0.499. The summed E-state index contributed by atoms with van der Waals surface area (Å²) in [6.45, 7) is 1.75. The van der Waals surface area contributed by atoms with E-state index in [0.717, 1.165) is 0 Å². The first-order chi connectivity index (χ1) is 13.0. The molecule has 1 heterocycles. The summed E-state index contributed by atoms with van der Waals surface area (Å²) in [6, 6.07) is 10.5. The SMILES string of the molecule is COc1cccc(OC)c1C(=O)NC(C)c1ncc(-c2ccc(F)cc2)o1. The van der Waals surface area contributed by atoms with Crippen LogP contribution in [-0.4, -0.2) is 25.1 Å². The van der Waals surface area contributed by atoms with Crippen LogP contribution in [0, 0.1) is 5.82 Å². The topological polar surface area (TPSA) is 73.6 Å². The normalized spacial score (nSPS) is 11.7. The summed E-state index contributed by atoms with van der Waals surface area (Å²) >= 11 is 0. The summed E-state index contributed by atoms with van der Waals surface area (Å²) in [4.78, 5) is 16.9. The van der Waals surface area contributed by atoms with Crippen LogP contribution in [0.4, 0.5) is 4.39 Å². The smallest absolute Gasteiger partial charge is 0.259 e. The van der Waals surface area contributed by atoms with E-state index in [1.807, 2.05) is 0 Å². The van der Waals surface area contributed by atoms with Gasteiger partial charge >= 0.3 is 0 Å². The zero-order valence-corrected chi connectivity index (χ0v) is 15.2. The molecular weight excluding hydrogens is 351 g/mol. The van der Waals surface area contributed by atoms with E-state index in [2.05, 4.69) is 10.3 Å². The third kappa shape index (κ3) is 3.92. The number of oxazole rings is 1. The number of aromatic nitrogens is 1. The molecule has 0 radical (unpaired) electrons. The van der Waals surface area contributed by atoms with Crippen LogP contribution < -0.4 is 14.8 Å². The third-order valence-electron chi connectivity index (χ3n) is 4.03. The van der Waals surface area contributed by atoms with Gasteiger partial charge in [-0.25, -0.2) is 9.37 Å². The van der Waals surface area contributed by atoms with Crippen molar-refractivity contribution in [1.29, 1.82) is 0 Å². The number of amides is 1. The molecule has 0 bridgehead atoms. The molecule has 1 unspecified atom stereocenters. The minimum Gasteiger partial charge on any atom is -0.496 e. The number of carbonyl (C=O) groups excluding carboxylic acids is 1. The van der Waals surface area contributed by atoms with Gasteiger partial charge in [-0.05, 0) is 43.3 Å². The number of methoxy groups -OCH3 is 2. The van der Waals surface area contributed by atoms with Crippen molar-refractivity contribution >= 4 is 5.91 Å². The molecule has 0 spiro atoms.